The fourth-order valence-electron chi connectivity index (χ4n) is 1.72. The van der Waals surface area contributed by atoms with Crippen molar-refractivity contribution in [2.24, 2.45) is 0 Å². The van der Waals surface area contributed by atoms with Crippen LogP contribution < -0.4 is 0 Å². The van der Waals surface area contributed by atoms with E-state index in [1.807, 2.05) is 0 Å². The fraction of sp³-hybridized carbons (Fsp3) is 0.933. The summed E-state index contributed by atoms with van der Waals surface area (Å²) >= 11 is 0. The van der Waals surface area contributed by atoms with Crippen LogP contribution in [-0.4, -0.2) is 29.7 Å². The lowest BCUT2D eigenvalue weighted by atomic mass is 10.1. The van der Waals surface area contributed by atoms with E-state index in [1.54, 1.807) is 0 Å². The van der Waals surface area contributed by atoms with Gasteiger partial charge in [0.1, 0.15) is 6.29 Å². The molecule has 0 heterocycles. The van der Waals surface area contributed by atoms with E-state index in [2.05, 4.69) is 6.92 Å². The molecule has 0 atom stereocenters. The van der Waals surface area contributed by atoms with Crippen LogP contribution in [0.3, 0.4) is 0 Å². The van der Waals surface area contributed by atoms with Crippen molar-refractivity contribution in [3.8, 4) is 0 Å². The molecule has 0 saturated carbocycles. The number of hydrogen-bond acceptors (Lipinski definition) is 3. The van der Waals surface area contributed by atoms with Crippen molar-refractivity contribution in [2.45, 2.75) is 77.6 Å². The average Bonchev–Trinajstić information content (AvgIpc) is 2.41. The van der Waals surface area contributed by atoms with E-state index >= 15 is 0 Å². The van der Waals surface area contributed by atoms with Crippen LogP contribution in [0.4, 0.5) is 0 Å². The first-order valence-electron chi connectivity index (χ1n) is 7.48. The molecule has 0 fully saturated rings. The summed E-state index contributed by atoms with van der Waals surface area (Å²) in [4.78, 5) is 10.0. The molecule has 3 nitrogen and oxygen atoms in total. The van der Waals surface area contributed by atoms with E-state index in [1.165, 1.54) is 57.8 Å². The van der Waals surface area contributed by atoms with Gasteiger partial charge in [-0.05, 0) is 6.42 Å². The minimum absolute atomic E-state index is 0.125. The second-order valence-corrected chi connectivity index (χ2v) is 4.58. The average molecular weight is 260 g/mol. The number of aldehydes is 1. The van der Waals surface area contributed by atoms with Crippen LogP contribution in [0.1, 0.15) is 77.6 Å². The molecule has 0 radical (unpaired) electrons. The zero-order chi connectivity index (χ0) is 13.9. The molecule has 18 heavy (non-hydrogen) atoms. The summed E-state index contributed by atoms with van der Waals surface area (Å²) in [5, 5.41) is 15.2. The number of rotatable bonds is 12. The van der Waals surface area contributed by atoms with Crippen molar-refractivity contribution in [2.75, 3.05) is 13.2 Å². The Morgan fingerprint density at radius 1 is 0.722 bits per heavy atom. The van der Waals surface area contributed by atoms with E-state index in [-0.39, 0.29) is 13.2 Å². The number of unbranched alkanes of at least 4 members (excludes halogenated alkanes) is 10. The van der Waals surface area contributed by atoms with Crippen LogP contribution in [0.15, 0.2) is 0 Å². The van der Waals surface area contributed by atoms with Gasteiger partial charge in [0.15, 0.2) is 0 Å². The number of aliphatic hydroxyl groups excluding tert-OH is 2. The normalized spacial score (nSPS) is 9.72. The van der Waals surface area contributed by atoms with Gasteiger partial charge >= 0.3 is 0 Å². The highest BCUT2D eigenvalue weighted by atomic mass is 16.3. The molecule has 0 aromatic rings. The molecule has 0 spiro atoms. The molecule has 0 amide bonds. The van der Waals surface area contributed by atoms with Crippen molar-refractivity contribution >= 4 is 6.29 Å². The van der Waals surface area contributed by atoms with Gasteiger partial charge in [0, 0.05) is 6.42 Å². The largest absolute Gasteiger partial charge is 0.394 e. The topological polar surface area (TPSA) is 57.5 Å². The molecule has 2 N–H and O–H groups in total. The minimum Gasteiger partial charge on any atom is -0.394 e. The fourth-order valence-corrected chi connectivity index (χ4v) is 1.72. The highest BCUT2D eigenvalue weighted by molar-refractivity contribution is 5.48. The summed E-state index contributed by atoms with van der Waals surface area (Å²) in [7, 11) is 0. The first kappa shape index (κ1) is 19.9. The van der Waals surface area contributed by atoms with E-state index in [4.69, 9.17) is 10.2 Å². The lowest BCUT2D eigenvalue weighted by Crippen LogP contribution is -1.85. The van der Waals surface area contributed by atoms with Crippen LogP contribution >= 0.6 is 0 Å². The Labute approximate surface area is 113 Å². The predicted octanol–water partition coefficient (Wildman–Crippen LogP) is 3.47. The molecule has 3 heteroatoms. The van der Waals surface area contributed by atoms with E-state index in [9.17, 15) is 4.79 Å². The molecular formula is C15H32O3. The van der Waals surface area contributed by atoms with E-state index in [0.29, 0.717) is 0 Å². The minimum atomic E-state index is -0.125. The van der Waals surface area contributed by atoms with Crippen LogP contribution in [-0.2, 0) is 4.79 Å². The first-order valence-corrected chi connectivity index (χ1v) is 7.48. The van der Waals surface area contributed by atoms with Crippen molar-refractivity contribution < 1.29 is 15.0 Å². The zero-order valence-corrected chi connectivity index (χ0v) is 12.1. The summed E-state index contributed by atoms with van der Waals surface area (Å²) in [6.45, 7) is 2.01. The Balaban J connectivity index is 0. The molecule has 0 aromatic heterocycles. The number of carbonyl (C=O) groups excluding carboxylic acids is 1. The van der Waals surface area contributed by atoms with Crippen LogP contribution in [0.2, 0.25) is 0 Å². The second kappa shape index (κ2) is 21.8. The van der Waals surface area contributed by atoms with Crippen LogP contribution in [0.25, 0.3) is 0 Å². The standard InChI is InChI=1S/C13H26O.C2H6O2/c1-2-3-4-5-6-7-8-9-10-11-12-13-14;3-1-2-4/h13H,2-12H2,1H3;3-4H,1-2H2. The van der Waals surface area contributed by atoms with Gasteiger partial charge in [-0.2, -0.15) is 0 Å². The summed E-state index contributed by atoms with van der Waals surface area (Å²) < 4.78 is 0. The smallest absolute Gasteiger partial charge is 0.119 e. The Morgan fingerprint density at radius 3 is 1.44 bits per heavy atom. The summed E-state index contributed by atoms with van der Waals surface area (Å²) in [5.41, 5.74) is 0. The molecule has 0 aliphatic carbocycles. The monoisotopic (exact) mass is 260 g/mol. The highest BCUT2D eigenvalue weighted by Crippen LogP contribution is 2.10. The molecule has 0 unspecified atom stereocenters. The van der Waals surface area contributed by atoms with Crippen LogP contribution in [0.5, 0.6) is 0 Å². The van der Waals surface area contributed by atoms with Crippen molar-refractivity contribution in [3.05, 3.63) is 0 Å². The summed E-state index contributed by atoms with van der Waals surface area (Å²) in [6.07, 6.45) is 15.2. The maximum Gasteiger partial charge on any atom is 0.119 e. The Bertz CT molecular complexity index is 136. The van der Waals surface area contributed by atoms with Gasteiger partial charge in [-0.1, -0.05) is 64.7 Å². The lowest BCUT2D eigenvalue weighted by Gasteiger charge is -2.00. The third-order valence-electron chi connectivity index (χ3n) is 2.78. The molecule has 0 saturated heterocycles. The van der Waals surface area contributed by atoms with Gasteiger partial charge in [0.05, 0.1) is 13.2 Å². The SMILES string of the molecule is CCCCCCCCCCCCC=O.OCCO. The molecule has 0 aromatic carbocycles. The molecule has 110 valence electrons. The van der Waals surface area contributed by atoms with E-state index in [0.717, 1.165) is 19.1 Å². The third kappa shape index (κ3) is 24.7. The second-order valence-electron chi connectivity index (χ2n) is 4.58. The van der Waals surface area contributed by atoms with Gasteiger partial charge in [-0.25, -0.2) is 0 Å². The van der Waals surface area contributed by atoms with Crippen molar-refractivity contribution in [1.29, 1.82) is 0 Å². The van der Waals surface area contributed by atoms with Gasteiger partial charge in [0.2, 0.25) is 0 Å². The maximum atomic E-state index is 10.0. The van der Waals surface area contributed by atoms with Crippen molar-refractivity contribution in [3.63, 3.8) is 0 Å². The predicted molar refractivity (Wildman–Crippen MR) is 76.7 cm³/mol. The highest BCUT2D eigenvalue weighted by Gasteiger charge is 1.91. The molecular weight excluding hydrogens is 228 g/mol. The van der Waals surface area contributed by atoms with Gasteiger partial charge in [0.25, 0.3) is 0 Å². The van der Waals surface area contributed by atoms with Crippen molar-refractivity contribution in [1.82, 2.24) is 0 Å². The van der Waals surface area contributed by atoms with E-state index < -0.39 is 0 Å². The Kier molecular flexibility index (Phi) is 24.2. The summed E-state index contributed by atoms with van der Waals surface area (Å²) in [6, 6.07) is 0. The number of aliphatic hydroxyl groups is 2. The number of carbonyl (C=O) groups is 1. The molecule has 0 rings (SSSR count). The quantitative estimate of drug-likeness (QED) is 0.417. The zero-order valence-electron chi connectivity index (χ0n) is 12.1. The molecule has 0 aliphatic heterocycles. The lowest BCUT2D eigenvalue weighted by molar-refractivity contribution is -0.107. The maximum absolute atomic E-state index is 10.0. The Hall–Kier alpha value is -0.410. The van der Waals surface area contributed by atoms with Crippen LogP contribution in [0, 0.1) is 0 Å². The Morgan fingerprint density at radius 2 is 1.11 bits per heavy atom. The molecule has 0 aliphatic rings. The van der Waals surface area contributed by atoms with Gasteiger partial charge in [-0.3, -0.25) is 0 Å². The molecule has 0 bridgehead atoms. The first-order chi connectivity index (χ1) is 8.83. The third-order valence-corrected chi connectivity index (χ3v) is 2.78. The number of hydrogen-bond donors (Lipinski definition) is 2. The van der Waals surface area contributed by atoms with Gasteiger partial charge in [-0.15, -0.1) is 0 Å². The summed E-state index contributed by atoms with van der Waals surface area (Å²) in [5.74, 6) is 0. The van der Waals surface area contributed by atoms with Gasteiger partial charge < -0.3 is 15.0 Å².